The molecule has 3 rings (SSSR count). The van der Waals surface area contributed by atoms with E-state index in [2.05, 4.69) is 4.90 Å². The molecule has 6 heteroatoms. The number of halogens is 2. The van der Waals surface area contributed by atoms with Crippen molar-refractivity contribution in [1.82, 2.24) is 9.80 Å². The van der Waals surface area contributed by atoms with Crippen molar-refractivity contribution in [2.75, 3.05) is 33.9 Å². The number of rotatable bonds is 7. The van der Waals surface area contributed by atoms with Gasteiger partial charge < -0.3 is 9.47 Å². The van der Waals surface area contributed by atoms with Gasteiger partial charge in [-0.15, -0.1) is 0 Å². The molecule has 1 unspecified atom stereocenters. The maximum Gasteiger partial charge on any atom is 0.255 e. The third-order valence-corrected chi connectivity index (χ3v) is 5.02. The molecular formula is C21H26F2N2O2. The summed E-state index contributed by atoms with van der Waals surface area (Å²) >= 11 is 0. The van der Waals surface area contributed by atoms with E-state index in [9.17, 15) is 8.78 Å². The Labute approximate surface area is 159 Å². The highest BCUT2D eigenvalue weighted by Crippen LogP contribution is 2.22. The van der Waals surface area contributed by atoms with Gasteiger partial charge >= 0.3 is 0 Å². The maximum atomic E-state index is 13.7. The van der Waals surface area contributed by atoms with Crippen molar-refractivity contribution in [3.8, 4) is 11.5 Å². The van der Waals surface area contributed by atoms with Crippen LogP contribution in [0.25, 0.3) is 0 Å². The predicted octanol–water partition coefficient (Wildman–Crippen LogP) is 3.66. The Morgan fingerprint density at radius 3 is 1.85 bits per heavy atom. The molecule has 0 saturated carbocycles. The van der Waals surface area contributed by atoms with E-state index in [4.69, 9.17) is 9.47 Å². The summed E-state index contributed by atoms with van der Waals surface area (Å²) in [6, 6.07) is 14.6. The van der Waals surface area contributed by atoms with Gasteiger partial charge in [0, 0.05) is 32.7 Å². The van der Waals surface area contributed by atoms with Gasteiger partial charge in [-0.2, -0.15) is 0 Å². The van der Waals surface area contributed by atoms with E-state index in [1.165, 1.54) is 0 Å². The quantitative estimate of drug-likeness (QED) is 0.736. The summed E-state index contributed by atoms with van der Waals surface area (Å²) in [4.78, 5) is 3.99. The van der Waals surface area contributed by atoms with E-state index >= 15 is 0 Å². The van der Waals surface area contributed by atoms with Crippen LogP contribution in [0.5, 0.6) is 11.5 Å². The van der Waals surface area contributed by atoms with Crippen molar-refractivity contribution < 1.29 is 18.3 Å². The molecule has 0 aliphatic carbocycles. The first-order valence-electron chi connectivity index (χ1n) is 9.09. The predicted molar refractivity (Wildman–Crippen MR) is 101 cm³/mol. The van der Waals surface area contributed by atoms with Crippen LogP contribution in [-0.4, -0.2) is 56.1 Å². The van der Waals surface area contributed by atoms with Gasteiger partial charge in [0.25, 0.3) is 6.43 Å². The van der Waals surface area contributed by atoms with Crippen LogP contribution in [0.1, 0.15) is 11.1 Å². The van der Waals surface area contributed by atoms with E-state index in [-0.39, 0.29) is 0 Å². The monoisotopic (exact) mass is 376 g/mol. The lowest BCUT2D eigenvalue weighted by atomic mass is 10.1. The zero-order valence-corrected chi connectivity index (χ0v) is 15.8. The number of alkyl halides is 2. The first-order chi connectivity index (χ1) is 13.1. The van der Waals surface area contributed by atoms with Crippen molar-refractivity contribution in [2.45, 2.75) is 25.6 Å². The molecule has 0 bridgehead atoms. The Kier molecular flexibility index (Phi) is 6.63. The van der Waals surface area contributed by atoms with Gasteiger partial charge in [-0.25, -0.2) is 8.78 Å². The first kappa shape index (κ1) is 19.6. The van der Waals surface area contributed by atoms with E-state index in [1.807, 2.05) is 53.4 Å². The Morgan fingerprint density at radius 1 is 0.852 bits per heavy atom. The molecule has 1 aliphatic rings. The molecule has 1 fully saturated rings. The van der Waals surface area contributed by atoms with Crippen LogP contribution in [-0.2, 0) is 13.1 Å². The Balaban J connectivity index is 1.61. The molecule has 0 amide bonds. The van der Waals surface area contributed by atoms with E-state index in [1.54, 1.807) is 14.2 Å². The van der Waals surface area contributed by atoms with Gasteiger partial charge in [0.1, 0.15) is 11.5 Å². The first-order valence-corrected chi connectivity index (χ1v) is 9.09. The minimum Gasteiger partial charge on any atom is -0.497 e. The van der Waals surface area contributed by atoms with Gasteiger partial charge in [-0.05, 0) is 35.4 Å². The average molecular weight is 376 g/mol. The third kappa shape index (κ3) is 5.17. The van der Waals surface area contributed by atoms with Gasteiger partial charge in [0.05, 0.1) is 20.3 Å². The van der Waals surface area contributed by atoms with E-state index in [0.717, 1.165) is 29.2 Å². The van der Waals surface area contributed by atoms with Crippen LogP contribution in [0, 0.1) is 0 Å². The van der Waals surface area contributed by atoms with E-state index < -0.39 is 12.5 Å². The Hall–Kier alpha value is -2.18. The molecule has 0 aromatic heterocycles. The number of benzene rings is 2. The van der Waals surface area contributed by atoms with Crippen molar-refractivity contribution in [3.63, 3.8) is 0 Å². The highest BCUT2D eigenvalue weighted by atomic mass is 19.3. The molecule has 1 atom stereocenters. The fourth-order valence-electron chi connectivity index (χ4n) is 3.44. The lowest BCUT2D eigenvalue weighted by molar-refractivity contribution is -0.0300. The van der Waals surface area contributed by atoms with Crippen LogP contribution in [0.2, 0.25) is 0 Å². The van der Waals surface area contributed by atoms with Gasteiger partial charge in [-0.1, -0.05) is 24.3 Å². The van der Waals surface area contributed by atoms with Crippen molar-refractivity contribution >= 4 is 0 Å². The van der Waals surface area contributed by atoms with E-state index in [0.29, 0.717) is 26.2 Å². The molecule has 0 radical (unpaired) electrons. The number of hydrogen-bond acceptors (Lipinski definition) is 4. The fraction of sp³-hybridized carbons (Fsp3) is 0.429. The standard InChI is InChI=1S/C21H26F2N2O2/c1-26-18-7-3-16(4-8-18)13-24-11-12-25(20(15-24)21(22)23)14-17-5-9-19(27-2)10-6-17/h3-10,20-21H,11-15H2,1-2H3. The highest BCUT2D eigenvalue weighted by Gasteiger charge is 2.33. The van der Waals surface area contributed by atoms with Crippen molar-refractivity contribution in [2.24, 2.45) is 0 Å². The second-order valence-electron chi connectivity index (χ2n) is 6.80. The summed E-state index contributed by atoms with van der Waals surface area (Å²) in [6.45, 7) is 2.95. The zero-order valence-electron chi connectivity index (χ0n) is 15.8. The lowest BCUT2D eigenvalue weighted by Gasteiger charge is -2.41. The average Bonchev–Trinajstić information content (AvgIpc) is 2.70. The van der Waals surface area contributed by atoms with Crippen molar-refractivity contribution in [3.05, 3.63) is 59.7 Å². The molecular weight excluding hydrogens is 350 g/mol. The number of ether oxygens (including phenoxy) is 2. The van der Waals surface area contributed by atoms with Gasteiger partial charge in [-0.3, -0.25) is 9.80 Å². The third-order valence-electron chi connectivity index (χ3n) is 5.02. The molecule has 1 heterocycles. The van der Waals surface area contributed by atoms with Crippen LogP contribution >= 0.6 is 0 Å². The molecule has 27 heavy (non-hydrogen) atoms. The SMILES string of the molecule is COc1ccc(CN2CCN(Cc3ccc(OC)cc3)C(C(F)F)C2)cc1. The molecule has 2 aromatic rings. The zero-order chi connectivity index (χ0) is 19.2. The second-order valence-corrected chi connectivity index (χ2v) is 6.80. The second kappa shape index (κ2) is 9.15. The molecule has 0 spiro atoms. The Morgan fingerprint density at radius 2 is 1.37 bits per heavy atom. The number of nitrogens with zero attached hydrogens (tertiary/aromatic N) is 2. The molecule has 1 saturated heterocycles. The van der Waals surface area contributed by atoms with Gasteiger partial charge in [0.15, 0.2) is 0 Å². The minimum atomic E-state index is -2.37. The Bertz CT molecular complexity index is 707. The van der Waals surface area contributed by atoms with Crippen LogP contribution in [0.15, 0.2) is 48.5 Å². The summed E-state index contributed by atoms with van der Waals surface area (Å²) < 4.78 is 37.7. The maximum absolute atomic E-state index is 13.7. The molecule has 146 valence electrons. The normalized spacial score (nSPS) is 18.6. The molecule has 2 aromatic carbocycles. The van der Waals surface area contributed by atoms with Crippen molar-refractivity contribution in [1.29, 1.82) is 0 Å². The molecule has 1 aliphatic heterocycles. The number of hydrogen-bond donors (Lipinski definition) is 0. The fourth-order valence-corrected chi connectivity index (χ4v) is 3.44. The topological polar surface area (TPSA) is 24.9 Å². The summed E-state index contributed by atoms with van der Waals surface area (Å²) in [6.07, 6.45) is -2.37. The minimum absolute atomic E-state index is 0.361. The smallest absolute Gasteiger partial charge is 0.255 e. The number of piperazine rings is 1. The van der Waals surface area contributed by atoms with Crippen LogP contribution in [0.3, 0.4) is 0 Å². The summed E-state index contributed by atoms with van der Waals surface area (Å²) in [5.74, 6) is 1.57. The largest absolute Gasteiger partial charge is 0.497 e. The summed E-state index contributed by atoms with van der Waals surface area (Å²) in [5, 5.41) is 0. The lowest BCUT2D eigenvalue weighted by Crippen LogP contribution is -2.55. The summed E-state index contributed by atoms with van der Waals surface area (Å²) in [5.41, 5.74) is 2.12. The summed E-state index contributed by atoms with van der Waals surface area (Å²) in [7, 11) is 3.24. The highest BCUT2D eigenvalue weighted by molar-refractivity contribution is 5.28. The molecule has 0 N–H and O–H groups in total. The molecule has 4 nitrogen and oxygen atoms in total. The van der Waals surface area contributed by atoms with Crippen LogP contribution < -0.4 is 9.47 Å². The number of methoxy groups -OCH3 is 2. The van der Waals surface area contributed by atoms with Crippen LogP contribution in [0.4, 0.5) is 8.78 Å². The van der Waals surface area contributed by atoms with Gasteiger partial charge in [0.2, 0.25) is 0 Å².